The molecule has 6 heteroatoms. The summed E-state index contributed by atoms with van der Waals surface area (Å²) in [6.45, 7) is 3.25. The zero-order valence-electron chi connectivity index (χ0n) is 14.8. The Morgan fingerprint density at radius 2 is 2.20 bits per heavy atom. The highest BCUT2D eigenvalue weighted by Gasteiger charge is 2.33. The van der Waals surface area contributed by atoms with E-state index in [0.29, 0.717) is 17.7 Å². The first-order chi connectivity index (χ1) is 12.2. The molecule has 25 heavy (non-hydrogen) atoms. The molecule has 4 heterocycles. The third-order valence-electron chi connectivity index (χ3n) is 5.64. The van der Waals surface area contributed by atoms with E-state index in [-0.39, 0.29) is 5.91 Å². The van der Waals surface area contributed by atoms with Crippen molar-refractivity contribution in [2.75, 3.05) is 19.6 Å². The first-order valence-electron chi connectivity index (χ1n) is 9.32. The number of carbonyl (C=O) groups excluding carboxylic acids is 1. The van der Waals surface area contributed by atoms with Gasteiger partial charge in [0.2, 0.25) is 0 Å². The Labute approximate surface area is 153 Å². The predicted molar refractivity (Wildman–Crippen MR) is 101 cm³/mol. The van der Waals surface area contributed by atoms with Gasteiger partial charge in [-0.05, 0) is 62.2 Å². The summed E-state index contributed by atoms with van der Waals surface area (Å²) in [7, 11) is 1.84. The number of carbonyl (C=O) groups is 1. The van der Waals surface area contributed by atoms with Gasteiger partial charge in [-0.15, -0.1) is 11.3 Å². The minimum atomic E-state index is -0.00857. The molecule has 4 rings (SSSR count). The molecule has 2 aromatic rings. The maximum Gasteiger partial charge on any atom is 0.269 e. The average molecular weight is 359 g/mol. The number of rotatable bonds is 4. The van der Waals surface area contributed by atoms with Gasteiger partial charge in [0.1, 0.15) is 11.4 Å². The first-order valence-corrected chi connectivity index (χ1v) is 10.2. The van der Waals surface area contributed by atoms with Crippen molar-refractivity contribution in [2.45, 2.75) is 38.1 Å². The molecule has 134 valence electrons. The van der Waals surface area contributed by atoms with Crippen LogP contribution in [0.15, 0.2) is 23.6 Å². The van der Waals surface area contributed by atoms with Crippen LogP contribution in [0.2, 0.25) is 0 Å². The van der Waals surface area contributed by atoms with E-state index in [1.807, 2.05) is 30.6 Å². The van der Waals surface area contributed by atoms with Gasteiger partial charge < -0.3 is 10.2 Å². The molecule has 0 spiro atoms. The fraction of sp³-hybridized carbons (Fsp3) is 0.579. The molecule has 2 aliphatic heterocycles. The molecular formula is C19H26N4OS. The van der Waals surface area contributed by atoms with Crippen molar-refractivity contribution in [3.63, 3.8) is 0 Å². The van der Waals surface area contributed by atoms with Gasteiger partial charge in [0.05, 0.1) is 4.88 Å². The molecule has 0 aliphatic carbocycles. The van der Waals surface area contributed by atoms with Crippen LogP contribution in [0.25, 0.3) is 10.6 Å². The predicted octanol–water partition coefficient (Wildman–Crippen LogP) is 3.14. The summed E-state index contributed by atoms with van der Waals surface area (Å²) in [6.07, 6.45) is 6.43. The van der Waals surface area contributed by atoms with Crippen LogP contribution in [-0.2, 0) is 7.05 Å². The van der Waals surface area contributed by atoms with Crippen molar-refractivity contribution >= 4 is 17.2 Å². The first kappa shape index (κ1) is 16.8. The molecular weight excluding hydrogens is 332 g/mol. The van der Waals surface area contributed by atoms with Crippen molar-refractivity contribution in [3.8, 4) is 10.6 Å². The molecule has 2 atom stereocenters. The van der Waals surface area contributed by atoms with Crippen LogP contribution in [0.3, 0.4) is 0 Å². The summed E-state index contributed by atoms with van der Waals surface area (Å²) in [5.41, 5.74) is 1.51. The molecule has 0 aromatic carbocycles. The fourth-order valence-corrected chi connectivity index (χ4v) is 5.04. The lowest BCUT2D eigenvalue weighted by molar-refractivity contribution is 0.0574. The Morgan fingerprint density at radius 3 is 3.04 bits per heavy atom. The Hall–Kier alpha value is -1.66. The van der Waals surface area contributed by atoms with Gasteiger partial charge >= 0.3 is 0 Å². The monoisotopic (exact) mass is 358 g/mol. The lowest BCUT2D eigenvalue weighted by Gasteiger charge is -2.44. The Balaban J connectivity index is 1.40. The van der Waals surface area contributed by atoms with Crippen LogP contribution in [0.4, 0.5) is 0 Å². The van der Waals surface area contributed by atoms with Gasteiger partial charge in [0.15, 0.2) is 0 Å². The topological polar surface area (TPSA) is 50.2 Å². The highest BCUT2D eigenvalue weighted by atomic mass is 32.1. The fourth-order valence-electron chi connectivity index (χ4n) is 4.35. The molecule has 1 N–H and O–H groups in total. The Kier molecular flexibility index (Phi) is 4.90. The molecule has 0 bridgehead atoms. The second-order valence-electron chi connectivity index (χ2n) is 7.23. The second kappa shape index (κ2) is 7.30. The number of nitrogens with zero attached hydrogens (tertiary/aromatic N) is 3. The summed E-state index contributed by atoms with van der Waals surface area (Å²) in [5, 5.41) is 9.70. The number of fused-ring (bicyclic) bond motifs is 1. The van der Waals surface area contributed by atoms with E-state index < -0.39 is 0 Å². The van der Waals surface area contributed by atoms with Crippen molar-refractivity contribution in [2.24, 2.45) is 13.0 Å². The summed E-state index contributed by atoms with van der Waals surface area (Å²) >= 11 is 1.65. The van der Waals surface area contributed by atoms with Crippen molar-refractivity contribution in [1.29, 1.82) is 0 Å². The highest BCUT2D eigenvalue weighted by Crippen LogP contribution is 2.30. The van der Waals surface area contributed by atoms with Gasteiger partial charge in [0, 0.05) is 19.6 Å². The van der Waals surface area contributed by atoms with E-state index in [4.69, 9.17) is 0 Å². The van der Waals surface area contributed by atoms with Crippen molar-refractivity contribution in [3.05, 3.63) is 29.3 Å². The van der Waals surface area contributed by atoms with Gasteiger partial charge in [-0.3, -0.25) is 9.48 Å². The van der Waals surface area contributed by atoms with E-state index in [1.54, 1.807) is 16.0 Å². The molecule has 5 nitrogen and oxygen atoms in total. The number of aryl methyl sites for hydroxylation is 1. The molecule has 2 fully saturated rings. The average Bonchev–Trinajstić information content (AvgIpc) is 3.29. The van der Waals surface area contributed by atoms with Crippen LogP contribution in [0.1, 0.15) is 42.6 Å². The molecule has 2 aromatic heterocycles. The van der Waals surface area contributed by atoms with Gasteiger partial charge in [-0.25, -0.2) is 0 Å². The lowest BCUT2D eigenvalue weighted by Crippen LogP contribution is -2.51. The minimum absolute atomic E-state index is 0.00857. The van der Waals surface area contributed by atoms with Crippen LogP contribution in [0.5, 0.6) is 0 Å². The molecule has 0 radical (unpaired) electrons. The maximum atomic E-state index is 12.7. The summed E-state index contributed by atoms with van der Waals surface area (Å²) in [4.78, 5) is 16.4. The zero-order chi connectivity index (χ0) is 17.2. The molecule has 1 amide bonds. The summed E-state index contributed by atoms with van der Waals surface area (Å²) in [5.74, 6) is 0.578. The minimum Gasteiger partial charge on any atom is -0.350 e. The maximum absolute atomic E-state index is 12.7. The van der Waals surface area contributed by atoms with E-state index in [1.165, 1.54) is 45.2 Å². The molecule has 2 saturated heterocycles. The number of aromatic nitrogens is 2. The van der Waals surface area contributed by atoms with E-state index >= 15 is 0 Å². The standard InChI is InChI=1S/C19H26N4OS/c1-22-17(12-15(21-22)18-8-5-11-25-18)19(24)20-13-14-6-4-10-23-9-3-2-7-16(14)23/h5,8,11-12,14,16H,2-4,6-7,9-10,13H2,1H3,(H,20,24)/t14-,16+/m0/s1. The number of amides is 1. The molecule has 2 aliphatic rings. The normalized spacial score (nSPS) is 24.0. The Morgan fingerprint density at radius 1 is 1.32 bits per heavy atom. The number of thiophene rings is 1. The van der Waals surface area contributed by atoms with E-state index in [9.17, 15) is 4.79 Å². The van der Waals surface area contributed by atoms with Gasteiger partial charge in [0.25, 0.3) is 5.91 Å². The highest BCUT2D eigenvalue weighted by molar-refractivity contribution is 7.13. The van der Waals surface area contributed by atoms with Crippen LogP contribution < -0.4 is 5.32 Å². The lowest BCUT2D eigenvalue weighted by atomic mass is 9.83. The zero-order valence-corrected chi connectivity index (χ0v) is 15.6. The van der Waals surface area contributed by atoms with Crippen LogP contribution in [0, 0.1) is 5.92 Å². The second-order valence-corrected chi connectivity index (χ2v) is 8.17. The van der Waals surface area contributed by atoms with Gasteiger partial charge in [-0.2, -0.15) is 5.10 Å². The van der Waals surface area contributed by atoms with Gasteiger partial charge in [-0.1, -0.05) is 12.5 Å². The Bertz CT molecular complexity index is 722. The number of hydrogen-bond donors (Lipinski definition) is 1. The molecule has 0 unspecified atom stereocenters. The number of nitrogens with one attached hydrogen (secondary N) is 1. The van der Waals surface area contributed by atoms with E-state index in [2.05, 4.69) is 15.3 Å². The van der Waals surface area contributed by atoms with Crippen LogP contribution in [-0.4, -0.2) is 46.3 Å². The molecule has 0 saturated carbocycles. The van der Waals surface area contributed by atoms with Crippen molar-refractivity contribution < 1.29 is 4.79 Å². The van der Waals surface area contributed by atoms with E-state index in [0.717, 1.165) is 17.1 Å². The number of piperidine rings is 2. The van der Waals surface area contributed by atoms with Crippen molar-refractivity contribution in [1.82, 2.24) is 20.0 Å². The number of hydrogen-bond acceptors (Lipinski definition) is 4. The third-order valence-corrected chi connectivity index (χ3v) is 6.53. The summed E-state index contributed by atoms with van der Waals surface area (Å²) in [6, 6.07) is 6.60. The van der Waals surface area contributed by atoms with Crippen LogP contribution >= 0.6 is 11.3 Å². The quantitative estimate of drug-likeness (QED) is 0.913. The largest absolute Gasteiger partial charge is 0.350 e. The summed E-state index contributed by atoms with van der Waals surface area (Å²) < 4.78 is 1.69. The smallest absolute Gasteiger partial charge is 0.269 e. The SMILES string of the molecule is Cn1nc(-c2cccs2)cc1C(=O)NC[C@@H]1CCCN2CCCC[C@H]12. The third kappa shape index (κ3) is 3.51.